The van der Waals surface area contributed by atoms with Crippen molar-refractivity contribution in [3.05, 3.63) is 56.2 Å². The quantitative estimate of drug-likeness (QED) is 0.807. The van der Waals surface area contributed by atoms with Gasteiger partial charge in [-0.1, -0.05) is 38.1 Å². The van der Waals surface area contributed by atoms with E-state index in [0.29, 0.717) is 5.92 Å². The van der Waals surface area contributed by atoms with E-state index >= 15 is 0 Å². The molecule has 0 aliphatic rings. The Morgan fingerprint density at radius 3 is 2.63 bits per heavy atom. The highest BCUT2D eigenvalue weighted by molar-refractivity contribution is 9.10. The molecular formula is C16H20BrNS. The van der Waals surface area contributed by atoms with Crippen molar-refractivity contribution in [2.24, 2.45) is 5.92 Å². The highest BCUT2D eigenvalue weighted by atomic mass is 79.9. The number of hydrogen-bond donors (Lipinski definition) is 1. The van der Waals surface area contributed by atoms with Gasteiger partial charge < -0.3 is 5.32 Å². The summed E-state index contributed by atoms with van der Waals surface area (Å²) in [5, 5.41) is 5.55. The van der Waals surface area contributed by atoms with Gasteiger partial charge in [0.05, 0.1) is 6.04 Å². The zero-order valence-electron chi connectivity index (χ0n) is 11.6. The summed E-state index contributed by atoms with van der Waals surface area (Å²) in [5.41, 5.74) is 2.76. The predicted molar refractivity (Wildman–Crippen MR) is 87.9 cm³/mol. The molecule has 2 rings (SSSR count). The third-order valence-corrected chi connectivity index (χ3v) is 4.85. The van der Waals surface area contributed by atoms with Crippen molar-refractivity contribution >= 4 is 27.3 Å². The van der Waals surface area contributed by atoms with E-state index in [9.17, 15) is 0 Å². The van der Waals surface area contributed by atoms with Crippen LogP contribution in [-0.4, -0.2) is 7.05 Å². The molecule has 0 saturated carbocycles. The first-order chi connectivity index (χ1) is 9.10. The second kappa shape index (κ2) is 6.69. The van der Waals surface area contributed by atoms with E-state index in [1.165, 1.54) is 16.0 Å². The minimum atomic E-state index is 0.281. The van der Waals surface area contributed by atoms with Crippen LogP contribution in [0.5, 0.6) is 0 Å². The highest BCUT2D eigenvalue weighted by Gasteiger charge is 2.14. The molecule has 0 aliphatic carbocycles. The first kappa shape index (κ1) is 14.8. The number of hydrogen-bond acceptors (Lipinski definition) is 2. The van der Waals surface area contributed by atoms with Crippen molar-refractivity contribution < 1.29 is 0 Å². The molecule has 1 atom stereocenters. The number of benzene rings is 1. The summed E-state index contributed by atoms with van der Waals surface area (Å²) in [6.07, 6.45) is 1.14. The fourth-order valence-electron chi connectivity index (χ4n) is 2.32. The third kappa shape index (κ3) is 3.91. The monoisotopic (exact) mass is 337 g/mol. The van der Waals surface area contributed by atoms with Gasteiger partial charge in [0, 0.05) is 14.7 Å². The Balaban J connectivity index is 2.28. The summed E-state index contributed by atoms with van der Waals surface area (Å²) >= 11 is 5.32. The fourth-order valence-corrected chi connectivity index (χ4v) is 3.90. The van der Waals surface area contributed by atoms with Gasteiger partial charge in [-0.15, -0.1) is 11.3 Å². The molecule has 0 bridgehead atoms. The van der Waals surface area contributed by atoms with Crippen LogP contribution in [0.1, 0.15) is 35.9 Å². The Hall–Kier alpha value is -0.640. The van der Waals surface area contributed by atoms with Crippen LogP contribution in [0, 0.1) is 5.92 Å². The Labute approximate surface area is 128 Å². The summed E-state index contributed by atoms with van der Waals surface area (Å²) in [4.78, 5) is 1.34. The van der Waals surface area contributed by atoms with Crippen LogP contribution in [0.15, 0.2) is 40.2 Å². The molecule has 1 aromatic carbocycles. The average molecular weight is 338 g/mol. The summed E-state index contributed by atoms with van der Waals surface area (Å²) in [5.74, 6) is 0.694. The first-order valence-corrected chi connectivity index (χ1v) is 8.27. The van der Waals surface area contributed by atoms with E-state index in [4.69, 9.17) is 0 Å². The molecule has 19 heavy (non-hydrogen) atoms. The van der Waals surface area contributed by atoms with E-state index in [0.717, 1.165) is 10.9 Å². The number of halogens is 1. The normalized spacial score (nSPS) is 12.9. The van der Waals surface area contributed by atoms with Gasteiger partial charge in [0.25, 0.3) is 0 Å². The highest BCUT2D eigenvalue weighted by Crippen LogP contribution is 2.30. The SMILES string of the molecule is CNC(c1cccc(CC(C)C)c1)c1cc(Br)cs1. The van der Waals surface area contributed by atoms with Crippen LogP contribution in [0.4, 0.5) is 0 Å². The Morgan fingerprint density at radius 1 is 1.26 bits per heavy atom. The first-order valence-electron chi connectivity index (χ1n) is 6.60. The summed E-state index contributed by atoms with van der Waals surface area (Å²) < 4.78 is 1.16. The molecule has 0 fully saturated rings. The lowest BCUT2D eigenvalue weighted by molar-refractivity contribution is 0.644. The van der Waals surface area contributed by atoms with Crippen LogP contribution >= 0.6 is 27.3 Å². The van der Waals surface area contributed by atoms with Crippen LogP contribution in [0.2, 0.25) is 0 Å². The number of rotatable bonds is 5. The Morgan fingerprint density at radius 2 is 2.05 bits per heavy atom. The van der Waals surface area contributed by atoms with E-state index in [1.54, 1.807) is 11.3 Å². The molecule has 1 unspecified atom stereocenters. The van der Waals surface area contributed by atoms with Crippen molar-refractivity contribution in [1.82, 2.24) is 5.32 Å². The molecule has 0 spiro atoms. The van der Waals surface area contributed by atoms with Gasteiger partial charge in [0.1, 0.15) is 0 Å². The average Bonchev–Trinajstić information content (AvgIpc) is 2.76. The summed E-state index contributed by atoms with van der Waals surface area (Å²) in [6.45, 7) is 4.53. The van der Waals surface area contributed by atoms with Crippen LogP contribution in [0.25, 0.3) is 0 Å². The zero-order valence-corrected chi connectivity index (χ0v) is 14.0. The van der Waals surface area contributed by atoms with Gasteiger partial charge in [0.15, 0.2) is 0 Å². The molecule has 1 nitrogen and oxygen atoms in total. The molecule has 1 N–H and O–H groups in total. The minimum absolute atomic E-state index is 0.281. The van der Waals surface area contributed by atoms with Gasteiger partial charge in [0.2, 0.25) is 0 Å². The van der Waals surface area contributed by atoms with Crippen molar-refractivity contribution in [3.63, 3.8) is 0 Å². The van der Waals surface area contributed by atoms with E-state index in [2.05, 4.69) is 70.8 Å². The molecule has 1 aromatic heterocycles. The van der Waals surface area contributed by atoms with Crippen molar-refractivity contribution in [1.29, 1.82) is 0 Å². The lowest BCUT2D eigenvalue weighted by Crippen LogP contribution is -2.16. The second-order valence-corrected chi connectivity index (χ2v) is 7.09. The predicted octanol–water partition coefficient (Wildman–Crippen LogP) is 5.02. The maximum atomic E-state index is 3.53. The molecule has 0 amide bonds. The van der Waals surface area contributed by atoms with Gasteiger partial charge >= 0.3 is 0 Å². The van der Waals surface area contributed by atoms with Crippen LogP contribution < -0.4 is 5.32 Å². The maximum absolute atomic E-state index is 3.53. The second-order valence-electron chi connectivity index (χ2n) is 5.23. The van der Waals surface area contributed by atoms with Gasteiger partial charge in [-0.05, 0) is 52.5 Å². The lowest BCUT2D eigenvalue weighted by Gasteiger charge is -2.16. The number of thiophene rings is 1. The molecular weight excluding hydrogens is 318 g/mol. The molecule has 1 heterocycles. The minimum Gasteiger partial charge on any atom is -0.309 e. The third-order valence-electron chi connectivity index (χ3n) is 3.09. The van der Waals surface area contributed by atoms with Gasteiger partial charge in [-0.3, -0.25) is 0 Å². The molecule has 3 heteroatoms. The topological polar surface area (TPSA) is 12.0 Å². The molecule has 0 radical (unpaired) electrons. The van der Waals surface area contributed by atoms with Crippen molar-refractivity contribution in [2.75, 3.05) is 7.05 Å². The fraction of sp³-hybridized carbons (Fsp3) is 0.375. The van der Waals surface area contributed by atoms with Crippen molar-refractivity contribution in [3.8, 4) is 0 Å². The number of nitrogens with one attached hydrogen (secondary N) is 1. The zero-order chi connectivity index (χ0) is 13.8. The largest absolute Gasteiger partial charge is 0.309 e. The van der Waals surface area contributed by atoms with Gasteiger partial charge in [-0.2, -0.15) is 0 Å². The van der Waals surface area contributed by atoms with E-state index in [-0.39, 0.29) is 6.04 Å². The summed E-state index contributed by atoms with van der Waals surface area (Å²) in [7, 11) is 2.02. The van der Waals surface area contributed by atoms with E-state index < -0.39 is 0 Å². The van der Waals surface area contributed by atoms with Crippen LogP contribution in [-0.2, 0) is 6.42 Å². The van der Waals surface area contributed by atoms with Crippen LogP contribution in [0.3, 0.4) is 0 Å². The smallest absolute Gasteiger partial charge is 0.0669 e. The Bertz CT molecular complexity index is 533. The Kier molecular flexibility index (Phi) is 5.20. The molecule has 102 valence electrons. The van der Waals surface area contributed by atoms with Gasteiger partial charge in [-0.25, -0.2) is 0 Å². The standard InChI is InChI=1S/C16H20BrNS/c1-11(2)7-12-5-4-6-13(8-12)16(18-3)15-9-14(17)10-19-15/h4-6,8-11,16,18H,7H2,1-3H3. The molecule has 2 aromatic rings. The molecule has 0 saturated heterocycles. The lowest BCUT2D eigenvalue weighted by atomic mass is 9.98. The maximum Gasteiger partial charge on any atom is 0.0669 e. The van der Waals surface area contributed by atoms with Crippen molar-refractivity contribution in [2.45, 2.75) is 26.3 Å². The molecule has 0 aliphatic heterocycles. The van der Waals surface area contributed by atoms with E-state index in [1.807, 2.05) is 7.05 Å². The summed E-state index contributed by atoms with van der Waals surface area (Å²) in [6, 6.07) is 11.4.